The highest BCUT2D eigenvalue weighted by Gasteiger charge is 2.26. The zero-order valence-electron chi connectivity index (χ0n) is 15.5. The second kappa shape index (κ2) is 9.46. The van der Waals surface area contributed by atoms with Crippen LogP contribution in [-0.4, -0.2) is 48.3 Å². The van der Waals surface area contributed by atoms with Crippen LogP contribution in [0.4, 0.5) is 4.79 Å². The lowest BCUT2D eigenvalue weighted by Crippen LogP contribution is -2.49. The number of amides is 2. The largest absolute Gasteiger partial charge is 0.460 e. The summed E-state index contributed by atoms with van der Waals surface area (Å²) in [5.74, 6) is -0.861. The van der Waals surface area contributed by atoms with Crippen LogP contribution < -0.4 is 16.4 Å². The third-order valence-corrected chi connectivity index (χ3v) is 2.51. The number of nitrogens with two attached hydrogens (primary N) is 1. The number of nitrogens with one attached hydrogen (secondary N) is 2. The van der Waals surface area contributed by atoms with E-state index in [0.29, 0.717) is 0 Å². The molecule has 0 aromatic heterocycles. The number of hydrogen-bond acceptors (Lipinski definition) is 6. The van der Waals surface area contributed by atoms with Crippen molar-refractivity contribution in [2.75, 3.05) is 13.1 Å². The molecule has 24 heavy (non-hydrogen) atoms. The molecule has 0 radical (unpaired) electrons. The molecule has 0 aliphatic carbocycles. The van der Waals surface area contributed by atoms with Crippen molar-refractivity contribution in [1.29, 1.82) is 0 Å². The smallest absolute Gasteiger partial charge is 0.408 e. The molecule has 0 aliphatic heterocycles. The summed E-state index contributed by atoms with van der Waals surface area (Å²) in [6.07, 6.45) is -0.627. The van der Waals surface area contributed by atoms with Gasteiger partial charge in [-0.05, 0) is 48.0 Å². The van der Waals surface area contributed by atoms with Gasteiger partial charge >= 0.3 is 12.1 Å². The Balaban J connectivity index is 4.72. The van der Waals surface area contributed by atoms with Crippen molar-refractivity contribution >= 4 is 18.0 Å². The van der Waals surface area contributed by atoms with Crippen LogP contribution in [0.3, 0.4) is 0 Å². The molecule has 8 nitrogen and oxygen atoms in total. The summed E-state index contributed by atoms with van der Waals surface area (Å²) in [6.45, 7) is 11.0. The Morgan fingerprint density at radius 1 is 1.00 bits per heavy atom. The normalized spacial score (nSPS) is 13.0. The lowest BCUT2D eigenvalue weighted by molar-refractivity contribution is -0.155. The molecule has 0 fully saturated rings. The van der Waals surface area contributed by atoms with Crippen molar-refractivity contribution in [2.24, 2.45) is 5.73 Å². The van der Waals surface area contributed by atoms with E-state index in [1.54, 1.807) is 41.5 Å². The van der Waals surface area contributed by atoms with Crippen LogP contribution in [0.2, 0.25) is 0 Å². The first-order valence-electron chi connectivity index (χ1n) is 8.03. The number of hydrogen-bond donors (Lipinski definition) is 3. The summed E-state index contributed by atoms with van der Waals surface area (Å²) in [6, 6.07) is -0.904. The van der Waals surface area contributed by atoms with Crippen molar-refractivity contribution in [3.05, 3.63) is 0 Å². The van der Waals surface area contributed by atoms with Crippen molar-refractivity contribution in [3.8, 4) is 0 Å². The summed E-state index contributed by atoms with van der Waals surface area (Å²) < 4.78 is 10.3. The summed E-state index contributed by atoms with van der Waals surface area (Å²) in [4.78, 5) is 35.8. The van der Waals surface area contributed by atoms with E-state index < -0.39 is 35.2 Å². The van der Waals surface area contributed by atoms with Crippen LogP contribution in [0.5, 0.6) is 0 Å². The van der Waals surface area contributed by atoms with Gasteiger partial charge in [0, 0.05) is 19.5 Å². The minimum absolute atomic E-state index is 0.00617. The molecule has 0 rings (SSSR count). The van der Waals surface area contributed by atoms with Gasteiger partial charge in [-0.15, -0.1) is 0 Å². The standard InChI is InChI=1S/C16H31N3O5/c1-15(2,3)23-12(20)8-7-11(13(21)18-10-9-17)19-14(22)24-16(4,5)6/h11H,7-10,17H2,1-6H3,(H,18,21)(H,19,22)/t11-/m0/s1. The van der Waals surface area contributed by atoms with E-state index in [1.807, 2.05) is 0 Å². The van der Waals surface area contributed by atoms with Crippen LogP contribution in [0.15, 0.2) is 0 Å². The summed E-state index contributed by atoms with van der Waals surface area (Å²) >= 11 is 0. The van der Waals surface area contributed by atoms with Crippen LogP contribution >= 0.6 is 0 Å². The van der Waals surface area contributed by atoms with Gasteiger partial charge in [-0.25, -0.2) is 4.79 Å². The van der Waals surface area contributed by atoms with E-state index in [4.69, 9.17) is 15.2 Å². The Bertz CT molecular complexity index is 438. The van der Waals surface area contributed by atoms with Gasteiger partial charge in [-0.2, -0.15) is 0 Å². The molecule has 0 aliphatic rings. The third-order valence-electron chi connectivity index (χ3n) is 2.51. The highest BCUT2D eigenvalue weighted by Crippen LogP contribution is 2.11. The quantitative estimate of drug-likeness (QED) is 0.594. The molecule has 140 valence electrons. The van der Waals surface area contributed by atoms with E-state index in [9.17, 15) is 14.4 Å². The zero-order chi connectivity index (χ0) is 19.0. The molecule has 0 saturated heterocycles. The first-order chi connectivity index (χ1) is 10.8. The fourth-order valence-electron chi connectivity index (χ4n) is 1.69. The molecule has 0 heterocycles. The fraction of sp³-hybridized carbons (Fsp3) is 0.812. The molecule has 1 atom stereocenters. The number of alkyl carbamates (subject to hydrolysis) is 1. The predicted octanol–water partition coefficient (Wildman–Crippen LogP) is 1.08. The Labute approximate surface area is 143 Å². The number of carbonyl (C=O) groups is 3. The number of esters is 1. The molecule has 0 saturated carbocycles. The predicted molar refractivity (Wildman–Crippen MR) is 90.3 cm³/mol. The molecule has 0 aromatic rings. The Morgan fingerprint density at radius 3 is 2.00 bits per heavy atom. The van der Waals surface area contributed by atoms with E-state index >= 15 is 0 Å². The van der Waals surface area contributed by atoms with Gasteiger partial charge < -0.3 is 25.8 Å². The van der Waals surface area contributed by atoms with E-state index in [1.165, 1.54) is 0 Å². The van der Waals surface area contributed by atoms with Crippen molar-refractivity contribution in [2.45, 2.75) is 71.6 Å². The Morgan fingerprint density at radius 2 is 1.54 bits per heavy atom. The second-order valence-corrected chi connectivity index (χ2v) is 7.40. The second-order valence-electron chi connectivity index (χ2n) is 7.40. The van der Waals surface area contributed by atoms with Gasteiger partial charge in [0.15, 0.2) is 0 Å². The average Bonchev–Trinajstić information content (AvgIpc) is 2.36. The van der Waals surface area contributed by atoms with Crippen molar-refractivity contribution in [3.63, 3.8) is 0 Å². The lowest BCUT2D eigenvalue weighted by Gasteiger charge is -2.24. The molecule has 8 heteroatoms. The van der Waals surface area contributed by atoms with Crippen molar-refractivity contribution in [1.82, 2.24) is 10.6 Å². The van der Waals surface area contributed by atoms with Gasteiger partial charge in [0.05, 0.1) is 0 Å². The topological polar surface area (TPSA) is 120 Å². The molecular weight excluding hydrogens is 314 g/mol. The molecule has 0 spiro atoms. The highest BCUT2D eigenvalue weighted by molar-refractivity contribution is 5.86. The van der Waals surface area contributed by atoms with Gasteiger partial charge in [-0.1, -0.05) is 0 Å². The van der Waals surface area contributed by atoms with E-state index in [-0.39, 0.29) is 25.9 Å². The summed E-state index contributed by atoms with van der Waals surface area (Å²) in [7, 11) is 0. The van der Waals surface area contributed by atoms with Gasteiger partial charge in [0.25, 0.3) is 0 Å². The van der Waals surface area contributed by atoms with Crippen LogP contribution in [0.1, 0.15) is 54.4 Å². The molecule has 0 unspecified atom stereocenters. The maximum atomic E-state index is 12.1. The first-order valence-corrected chi connectivity index (χ1v) is 8.03. The first kappa shape index (κ1) is 22.2. The zero-order valence-corrected chi connectivity index (χ0v) is 15.5. The lowest BCUT2D eigenvalue weighted by atomic mass is 10.1. The van der Waals surface area contributed by atoms with Gasteiger partial charge in [0.1, 0.15) is 17.2 Å². The monoisotopic (exact) mass is 345 g/mol. The average molecular weight is 345 g/mol. The van der Waals surface area contributed by atoms with Crippen LogP contribution in [0, 0.1) is 0 Å². The Hall–Kier alpha value is -1.83. The number of rotatable bonds is 7. The van der Waals surface area contributed by atoms with E-state index in [2.05, 4.69) is 10.6 Å². The van der Waals surface area contributed by atoms with E-state index in [0.717, 1.165) is 0 Å². The van der Waals surface area contributed by atoms with Crippen LogP contribution in [0.25, 0.3) is 0 Å². The van der Waals surface area contributed by atoms with Crippen LogP contribution in [-0.2, 0) is 19.1 Å². The van der Waals surface area contributed by atoms with Gasteiger partial charge in [-0.3, -0.25) is 9.59 Å². The molecular formula is C16H31N3O5. The highest BCUT2D eigenvalue weighted by atomic mass is 16.6. The maximum Gasteiger partial charge on any atom is 0.408 e. The molecule has 4 N–H and O–H groups in total. The maximum absolute atomic E-state index is 12.1. The minimum Gasteiger partial charge on any atom is -0.460 e. The fourth-order valence-corrected chi connectivity index (χ4v) is 1.69. The van der Waals surface area contributed by atoms with Crippen molar-refractivity contribution < 1.29 is 23.9 Å². The molecule has 0 bridgehead atoms. The number of carbonyl (C=O) groups excluding carboxylic acids is 3. The number of ether oxygens (including phenoxy) is 2. The van der Waals surface area contributed by atoms with Gasteiger partial charge in [0.2, 0.25) is 5.91 Å². The SMILES string of the molecule is CC(C)(C)OC(=O)CC[C@H](NC(=O)OC(C)(C)C)C(=O)NCCN. The minimum atomic E-state index is -0.904. The molecule has 2 amide bonds. The summed E-state index contributed by atoms with van der Waals surface area (Å²) in [5, 5.41) is 5.06. The molecule has 0 aromatic carbocycles. The Kier molecular flexibility index (Phi) is 8.74. The summed E-state index contributed by atoms with van der Waals surface area (Å²) in [5.41, 5.74) is 4.06. The third kappa shape index (κ3) is 11.7.